The number of benzene rings is 3. The number of carbonyl (C=O) groups excluding carboxylic acids is 1. The Morgan fingerprint density at radius 2 is 1.82 bits per heavy atom. The van der Waals surface area contributed by atoms with Gasteiger partial charge in [0.25, 0.3) is 5.91 Å². The van der Waals surface area contributed by atoms with E-state index < -0.39 is 6.04 Å². The second-order valence-electron chi connectivity index (χ2n) is 10.8. The van der Waals surface area contributed by atoms with Crippen LogP contribution < -0.4 is 20.1 Å². The van der Waals surface area contributed by atoms with E-state index in [0.717, 1.165) is 50.2 Å². The number of aromatic nitrogens is 3. The van der Waals surface area contributed by atoms with Gasteiger partial charge in [-0.2, -0.15) is 4.98 Å². The minimum atomic E-state index is -0.569. The monoisotopic (exact) mass is 675 g/mol. The maximum absolute atomic E-state index is 14.1. The number of ether oxygens (including phenoxy) is 2. The van der Waals surface area contributed by atoms with Crippen LogP contribution in [0.1, 0.15) is 61.1 Å². The molecule has 1 amide bonds. The molecule has 0 radical (unpaired) electrons. The van der Waals surface area contributed by atoms with Gasteiger partial charge in [0.2, 0.25) is 11.1 Å². The van der Waals surface area contributed by atoms with Crippen LogP contribution in [-0.2, 0) is 11.4 Å². The first-order chi connectivity index (χ1) is 21.2. The third-order valence-corrected chi connectivity index (χ3v) is 9.28. The molecule has 2 N–H and O–H groups in total. The first-order valence-corrected chi connectivity index (χ1v) is 16.6. The van der Waals surface area contributed by atoms with E-state index in [1.54, 1.807) is 16.4 Å². The topological polar surface area (TPSA) is 90.3 Å². The van der Waals surface area contributed by atoms with Gasteiger partial charge in [0.15, 0.2) is 11.5 Å². The summed E-state index contributed by atoms with van der Waals surface area (Å²) in [4.78, 5) is 18.9. The molecule has 0 bridgehead atoms. The van der Waals surface area contributed by atoms with Crippen molar-refractivity contribution in [1.82, 2.24) is 14.8 Å². The Hall–Kier alpha value is -3.76. The summed E-state index contributed by atoms with van der Waals surface area (Å²) in [5, 5.41) is 12.0. The van der Waals surface area contributed by atoms with Crippen molar-refractivity contribution >= 4 is 45.2 Å². The molecule has 44 heavy (non-hydrogen) atoms. The first-order valence-electron chi connectivity index (χ1n) is 14.8. The van der Waals surface area contributed by atoms with Crippen molar-refractivity contribution < 1.29 is 14.3 Å². The van der Waals surface area contributed by atoms with Crippen LogP contribution in [0.25, 0.3) is 0 Å². The highest BCUT2D eigenvalue weighted by molar-refractivity contribution is 9.10. The predicted octanol–water partition coefficient (Wildman–Crippen LogP) is 8.37. The molecule has 1 atom stereocenters. The fraction of sp³-hybridized carbons (Fsp3) is 0.324. The van der Waals surface area contributed by atoms with E-state index >= 15 is 0 Å². The maximum Gasteiger partial charge on any atom is 0.255 e. The zero-order valence-corrected chi connectivity index (χ0v) is 28.4. The Labute approximate surface area is 271 Å². The van der Waals surface area contributed by atoms with E-state index in [9.17, 15) is 4.79 Å². The number of hydrogen-bond acceptors (Lipinski definition) is 7. The lowest BCUT2D eigenvalue weighted by Gasteiger charge is -2.29. The number of nitrogens with one attached hydrogen (secondary N) is 2. The number of anilines is 2. The fourth-order valence-corrected chi connectivity index (χ4v) is 6.39. The molecule has 230 valence electrons. The van der Waals surface area contributed by atoms with Gasteiger partial charge in [0.05, 0.1) is 16.7 Å². The quantitative estimate of drug-likeness (QED) is 0.154. The van der Waals surface area contributed by atoms with Crippen LogP contribution in [0.3, 0.4) is 0 Å². The summed E-state index contributed by atoms with van der Waals surface area (Å²) in [6.07, 6.45) is 1.00. The Morgan fingerprint density at radius 3 is 2.57 bits per heavy atom. The van der Waals surface area contributed by atoms with E-state index in [1.807, 2.05) is 70.2 Å². The van der Waals surface area contributed by atoms with E-state index in [2.05, 4.69) is 52.5 Å². The van der Waals surface area contributed by atoms with Gasteiger partial charge >= 0.3 is 0 Å². The molecular weight excluding hydrogens is 638 g/mol. The second-order valence-corrected chi connectivity index (χ2v) is 12.7. The number of carbonyl (C=O) groups is 1. The van der Waals surface area contributed by atoms with Crippen molar-refractivity contribution in [1.29, 1.82) is 0 Å². The molecule has 0 saturated heterocycles. The Balaban J connectivity index is 1.58. The number of fused-ring (bicyclic) bond motifs is 1. The highest BCUT2D eigenvalue weighted by atomic mass is 79.9. The van der Waals surface area contributed by atoms with Gasteiger partial charge in [0, 0.05) is 17.1 Å². The summed E-state index contributed by atoms with van der Waals surface area (Å²) in [7, 11) is 0. The molecule has 0 saturated carbocycles. The van der Waals surface area contributed by atoms with Gasteiger partial charge in [-0.25, -0.2) is 4.68 Å². The number of aryl methyl sites for hydroxylation is 2. The standard InChI is InChI=1S/C34H38BrN5O3S/c1-7-16-44-34-38-33-36-23(6)29(32(41)37-27-15-11-13-20(3)22(27)5)30(40(33)39-34)25-17-26(35)31(28(18-25)42-8-2)43-19-24-14-10-9-12-21(24)4/h9-15,17-18,30H,7-8,16,19H2,1-6H3,(H,37,41)(H,36,38,39). The van der Waals surface area contributed by atoms with Crippen molar-refractivity contribution in [2.75, 3.05) is 23.0 Å². The van der Waals surface area contributed by atoms with Crippen molar-refractivity contribution in [3.05, 3.63) is 98.2 Å². The number of allylic oxidation sites excluding steroid dienone is 1. The highest BCUT2D eigenvalue weighted by Crippen LogP contribution is 2.44. The summed E-state index contributed by atoms with van der Waals surface area (Å²) in [5.74, 6) is 2.45. The molecule has 10 heteroatoms. The van der Waals surface area contributed by atoms with Gasteiger partial charge in [-0.3, -0.25) is 4.79 Å². The fourth-order valence-electron chi connectivity index (χ4n) is 5.14. The molecule has 1 unspecified atom stereocenters. The molecule has 1 aromatic heterocycles. The van der Waals surface area contributed by atoms with Crippen molar-refractivity contribution in [3.63, 3.8) is 0 Å². The number of thioether (sulfide) groups is 1. The van der Waals surface area contributed by atoms with Crippen LogP contribution in [0.2, 0.25) is 0 Å². The highest BCUT2D eigenvalue weighted by Gasteiger charge is 2.35. The minimum absolute atomic E-state index is 0.216. The van der Waals surface area contributed by atoms with Crippen LogP contribution >= 0.6 is 27.7 Å². The molecule has 5 rings (SSSR count). The van der Waals surface area contributed by atoms with E-state index in [-0.39, 0.29) is 5.91 Å². The Morgan fingerprint density at radius 1 is 1.05 bits per heavy atom. The third-order valence-electron chi connectivity index (χ3n) is 7.65. The molecule has 0 fully saturated rings. The van der Waals surface area contributed by atoms with Crippen molar-refractivity contribution in [3.8, 4) is 11.5 Å². The number of nitrogens with zero attached hydrogens (tertiary/aromatic N) is 3. The average molecular weight is 677 g/mol. The van der Waals surface area contributed by atoms with Crippen molar-refractivity contribution in [2.45, 2.75) is 65.8 Å². The molecule has 4 aromatic rings. The molecule has 1 aliphatic rings. The summed E-state index contributed by atoms with van der Waals surface area (Å²) in [6, 6.07) is 17.4. The normalized spacial score (nSPS) is 14.2. The second kappa shape index (κ2) is 13.9. The first kappa shape index (κ1) is 31.7. The smallest absolute Gasteiger partial charge is 0.255 e. The molecule has 0 aliphatic carbocycles. The van der Waals surface area contributed by atoms with Crippen molar-refractivity contribution in [2.24, 2.45) is 0 Å². The lowest BCUT2D eigenvalue weighted by molar-refractivity contribution is -0.113. The van der Waals surface area contributed by atoms with Crippen LogP contribution in [0, 0.1) is 20.8 Å². The maximum atomic E-state index is 14.1. The molecule has 2 heterocycles. The van der Waals surface area contributed by atoms with E-state index in [0.29, 0.717) is 47.1 Å². The number of amides is 1. The molecule has 0 spiro atoms. The zero-order valence-electron chi connectivity index (χ0n) is 26.0. The predicted molar refractivity (Wildman–Crippen MR) is 181 cm³/mol. The molecule has 3 aromatic carbocycles. The van der Waals surface area contributed by atoms with Gasteiger partial charge in [0.1, 0.15) is 12.6 Å². The van der Waals surface area contributed by atoms with E-state index in [1.165, 1.54) is 0 Å². The summed E-state index contributed by atoms with van der Waals surface area (Å²) >= 11 is 5.36. The van der Waals surface area contributed by atoms with Crippen LogP contribution in [0.15, 0.2) is 75.5 Å². The number of hydrogen-bond donors (Lipinski definition) is 2. The van der Waals surface area contributed by atoms with Gasteiger partial charge in [-0.1, -0.05) is 55.1 Å². The van der Waals surface area contributed by atoms with Crippen LogP contribution in [0.4, 0.5) is 11.6 Å². The summed E-state index contributed by atoms with van der Waals surface area (Å²) in [6.45, 7) is 12.9. The van der Waals surface area contributed by atoms with Crippen LogP contribution in [-0.4, -0.2) is 33.0 Å². The number of halogens is 1. The molecule has 1 aliphatic heterocycles. The van der Waals surface area contributed by atoms with Gasteiger partial charge < -0.3 is 20.1 Å². The Kier molecular flexibility index (Phi) is 10.0. The van der Waals surface area contributed by atoms with Gasteiger partial charge in [-0.15, -0.1) is 5.10 Å². The third kappa shape index (κ3) is 6.66. The van der Waals surface area contributed by atoms with E-state index in [4.69, 9.17) is 19.6 Å². The Bertz CT molecular complexity index is 1720. The SMILES string of the molecule is CCCSc1nc2n(n1)C(c1cc(Br)c(OCc3ccccc3C)c(OCC)c1)C(C(=O)Nc1cccc(C)c1C)=C(C)N2. The summed E-state index contributed by atoms with van der Waals surface area (Å²) in [5.41, 5.74) is 7.21. The lowest BCUT2D eigenvalue weighted by Crippen LogP contribution is -2.31. The molecule has 8 nitrogen and oxygen atoms in total. The number of rotatable bonds is 11. The van der Waals surface area contributed by atoms with Crippen LogP contribution in [0.5, 0.6) is 11.5 Å². The summed E-state index contributed by atoms with van der Waals surface area (Å²) < 4.78 is 15.0. The average Bonchev–Trinajstić information content (AvgIpc) is 3.40. The zero-order chi connectivity index (χ0) is 31.4. The largest absolute Gasteiger partial charge is 0.490 e. The van der Waals surface area contributed by atoms with Gasteiger partial charge in [-0.05, 0) is 103 Å². The minimum Gasteiger partial charge on any atom is -0.490 e. The lowest BCUT2D eigenvalue weighted by atomic mass is 9.94. The molecular formula is C34H38BrN5O3S.